The monoisotopic (exact) mass is 427 g/mol. The van der Waals surface area contributed by atoms with Crippen LogP contribution in [0.15, 0.2) is 43.0 Å². The van der Waals surface area contributed by atoms with Crippen LogP contribution in [0.1, 0.15) is 17.8 Å². The van der Waals surface area contributed by atoms with Crippen molar-refractivity contribution in [2.24, 2.45) is 5.73 Å². The molecule has 0 aliphatic carbocycles. The molecule has 0 saturated carbocycles. The Morgan fingerprint density at radius 1 is 1.29 bits per heavy atom. The van der Waals surface area contributed by atoms with Gasteiger partial charge in [-0.3, -0.25) is 9.36 Å². The molecule has 2 aromatic heterocycles. The van der Waals surface area contributed by atoms with Gasteiger partial charge >= 0.3 is 0 Å². The topological polar surface area (TPSA) is 152 Å². The van der Waals surface area contributed by atoms with Crippen molar-refractivity contribution in [3.05, 3.63) is 48.5 Å². The fourth-order valence-corrected chi connectivity index (χ4v) is 3.73. The maximum atomic E-state index is 12.7. The second-order valence-electron chi connectivity index (χ2n) is 7.58. The van der Waals surface area contributed by atoms with E-state index in [4.69, 9.17) is 10.5 Å². The first-order chi connectivity index (χ1) is 14.9. The van der Waals surface area contributed by atoms with E-state index in [9.17, 15) is 15.0 Å². The molecule has 3 heterocycles. The van der Waals surface area contributed by atoms with Crippen LogP contribution in [-0.2, 0) is 9.53 Å². The van der Waals surface area contributed by atoms with Crippen LogP contribution in [0, 0.1) is 0 Å². The second kappa shape index (κ2) is 8.55. The second-order valence-corrected chi connectivity index (χ2v) is 7.58. The summed E-state index contributed by atoms with van der Waals surface area (Å²) in [6, 6.07) is 7.11. The molecule has 1 amide bonds. The molecule has 5 atom stereocenters. The van der Waals surface area contributed by atoms with E-state index in [1.54, 1.807) is 33.7 Å². The van der Waals surface area contributed by atoms with Crippen LogP contribution in [0.3, 0.4) is 0 Å². The molecule has 5 N–H and O–H groups in total. The molecule has 31 heavy (non-hydrogen) atoms. The van der Waals surface area contributed by atoms with Crippen molar-refractivity contribution < 1.29 is 19.7 Å². The first-order valence-corrected chi connectivity index (χ1v) is 9.82. The minimum Gasteiger partial charge on any atom is -0.394 e. The van der Waals surface area contributed by atoms with E-state index in [0.29, 0.717) is 22.5 Å². The molecule has 1 saturated heterocycles. The van der Waals surface area contributed by atoms with Gasteiger partial charge in [0.15, 0.2) is 23.2 Å². The fourth-order valence-electron chi connectivity index (χ4n) is 3.73. The van der Waals surface area contributed by atoms with Gasteiger partial charge in [-0.25, -0.2) is 15.0 Å². The lowest BCUT2D eigenvalue weighted by molar-refractivity contribution is -0.124. The molecule has 1 fully saturated rings. The van der Waals surface area contributed by atoms with Crippen molar-refractivity contribution in [3.63, 3.8) is 0 Å². The summed E-state index contributed by atoms with van der Waals surface area (Å²) in [5, 5.41) is 23.5. The van der Waals surface area contributed by atoms with Gasteiger partial charge in [0.1, 0.15) is 24.6 Å². The Morgan fingerprint density at radius 3 is 2.71 bits per heavy atom. The van der Waals surface area contributed by atoms with Gasteiger partial charge < -0.3 is 30.9 Å². The van der Waals surface area contributed by atoms with E-state index in [2.05, 4.69) is 20.3 Å². The van der Waals surface area contributed by atoms with Gasteiger partial charge in [-0.05, 0) is 5.56 Å². The summed E-state index contributed by atoms with van der Waals surface area (Å²) in [5.41, 5.74) is 7.71. The lowest BCUT2D eigenvalue weighted by atomic mass is 10.0. The molecule has 11 nitrogen and oxygen atoms in total. The highest BCUT2D eigenvalue weighted by molar-refractivity contribution is 5.84. The number of anilines is 1. The van der Waals surface area contributed by atoms with Gasteiger partial charge in [-0.1, -0.05) is 30.3 Å². The Balaban J connectivity index is 1.58. The van der Waals surface area contributed by atoms with Crippen molar-refractivity contribution in [1.29, 1.82) is 0 Å². The first kappa shape index (κ1) is 21.1. The number of imidazole rings is 1. The Labute approximate surface area is 178 Å². The van der Waals surface area contributed by atoms with Gasteiger partial charge in [-0.2, -0.15) is 0 Å². The quantitative estimate of drug-likeness (QED) is 0.401. The minimum atomic E-state index is -1.17. The molecular weight excluding hydrogens is 402 g/mol. The van der Waals surface area contributed by atoms with Crippen molar-refractivity contribution in [3.8, 4) is 0 Å². The fraction of sp³-hybridized carbons (Fsp3) is 0.400. The Bertz CT molecular complexity index is 1060. The van der Waals surface area contributed by atoms with Crippen LogP contribution < -0.4 is 16.0 Å². The number of aromatic nitrogens is 4. The normalized spacial score (nSPS) is 24.3. The smallest absolute Gasteiger partial charge is 0.241 e. The van der Waals surface area contributed by atoms with E-state index < -0.39 is 43.0 Å². The highest BCUT2D eigenvalue weighted by atomic mass is 16.5. The minimum absolute atomic E-state index is 0.399. The van der Waals surface area contributed by atoms with E-state index in [-0.39, 0.29) is 0 Å². The van der Waals surface area contributed by atoms with Crippen molar-refractivity contribution in [1.82, 2.24) is 24.8 Å². The molecule has 0 spiro atoms. The van der Waals surface area contributed by atoms with Crippen LogP contribution in [0.25, 0.3) is 11.2 Å². The highest BCUT2D eigenvalue weighted by Gasteiger charge is 2.46. The number of amides is 1. The molecule has 4 rings (SSSR count). The molecule has 0 unspecified atom stereocenters. The Kier molecular flexibility index (Phi) is 5.83. The Hall–Kier alpha value is -3.12. The third-order valence-corrected chi connectivity index (χ3v) is 5.34. The number of nitrogens with zero attached hydrogens (tertiary/aromatic N) is 5. The van der Waals surface area contributed by atoms with Gasteiger partial charge in [-0.15, -0.1) is 0 Å². The number of hydrogen-bond donors (Lipinski definition) is 4. The summed E-state index contributed by atoms with van der Waals surface area (Å²) in [6.07, 6.45) is -0.0166. The predicted octanol–water partition coefficient (Wildman–Crippen LogP) is -0.672. The lowest BCUT2D eigenvalue weighted by Gasteiger charge is -2.23. The van der Waals surface area contributed by atoms with Gasteiger partial charge in [0.05, 0.1) is 19.0 Å². The largest absolute Gasteiger partial charge is 0.394 e. The first-order valence-electron chi connectivity index (χ1n) is 9.82. The number of aliphatic hydroxyl groups is 2. The van der Waals surface area contributed by atoms with Crippen molar-refractivity contribution in [2.75, 3.05) is 25.6 Å². The summed E-state index contributed by atoms with van der Waals surface area (Å²) in [4.78, 5) is 27.4. The Morgan fingerprint density at radius 2 is 2.03 bits per heavy atom. The number of fused-ring (bicyclic) bond motifs is 1. The zero-order valence-corrected chi connectivity index (χ0v) is 17.2. The van der Waals surface area contributed by atoms with Crippen LogP contribution in [0.5, 0.6) is 0 Å². The van der Waals surface area contributed by atoms with Gasteiger partial charge in [0.2, 0.25) is 5.91 Å². The highest BCUT2D eigenvalue weighted by Crippen LogP contribution is 2.32. The van der Waals surface area contributed by atoms with Crippen LogP contribution in [0.2, 0.25) is 0 Å². The number of rotatable bonds is 6. The summed E-state index contributed by atoms with van der Waals surface area (Å²) in [5.74, 6) is 0.138. The van der Waals surface area contributed by atoms with E-state index in [1.165, 1.54) is 12.7 Å². The van der Waals surface area contributed by atoms with Crippen LogP contribution in [0.4, 0.5) is 5.82 Å². The number of hydrogen-bond acceptors (Lipinski definition) is 9. The van der Waals surface area contributed by atoms with Gasteiger partial charge in [0, 0.05) is 14.1 Å². The predicted molar refractivity (Wildman–Crippen MR) is 112 cm³/mol. The number of benzene rings is 1. The molecule has 164 valence electrons. The number of carbonyl (C=O) groups excluding carboxylic acids is 1. The molecule has 1 aliphatic rings. The van der Waals surface area contributed by atoms with Crippen LogP contribution in [-0.4, -0.2) is 74.6 Å². The number of carbonyl (C=O) groups is 1. The molecule has 1 aliphatic heterocycles. The van der Waals surface area contributed by atoms with Crippen LogP contribution >= 0.6 is 0 Å². The third-order valence-electron chi connectivity index (χ3n) is 5.34. The number of nitrogens with two attached hydrogens (primary N) is 1. The van der Waals surface area contributed by atoms with E-state index in [1.807, 2.05) is 20.2 Å². The van der Waals surface area contributed by atoms with E-state index >= 15 is 0 Å². The molecule has 0 bridgehead atoms. The lowest BCUT2D eigenvalue weighted by Crippen LogP contribution is -2.50. The average molecular weight is 427 g/mol. The summed E-state index contributed by atoms with van der Waals surface area (Å²) in [7, 11) is 3.68. The molecular formula is C20H25N7O4. The zero-order chi connectivity index (χ0) is 22.1. The SMILES string of the molecule is CN(C)c1ncnc2c1ncn2[C@@H]1O[C@H](CO)[C@@H](NC(=O)[C@@H](N)c2ccccc2)[C@H]1O. The zero-order valence-electron chi connectivity index (χ0n) is 17.2. The maximum absolute atomic E-state index is 12.7. The van der Waals surface area contributed by atoms with Crippen molar-refractivity contribution >= 4 is 22.9 Å². The number of nitrogens with one attached hydrogen (secondary N) is 1. The summed E-state index contributed by atoms with van der Waals surface area (Å²) < 4.78 is 7.44. The maximum Gasteiger partial charge on any atom is 0.241 e. The standard InChI is InChI=1S/C20H25N7O4/c1-26(2)17-15-18(23-9-22-17)27(10-24-15)20-16(29)14(12(8-28)31-20)25-19(30)13(21)11-6-4-3-5-7-11/h3-7,9-10,12-14,16,20,28-29H,8,21H2,1-2H3,(H,25,30)/t12-,13+,14-,16-,20-/m1/s1. The molecule has 0 radical (unpaired) electrons. The summed E-state index contributed by atoms with van der Waals surface area (Å²) >= 11 is 0. The van der Waals surface area contributed by atoms with Crippen molar-refractivity contribution in [2.45, 2.75) is 30.5 Å². The third kappa shape index (κ3) is 3.83. The molecule has 11 heteroatoms. The number of aliphatic hydroxyl groups excluding tert-OH is 2. The number of ether oxygens (including phenoxy) is 1. The summed E-state index contributed by atoms with van der Waals surface area (Å²) in [6.45, 7) is -0.399. The average Bonchev–Trinajstić information content (AvgIpc) is 3.34. The van der Waals surface area contributed by atoms with Gasteiger partial charge in [0.25, 0.3) is 0 Å². The molecule has 3 aromatic rings. The van der Waals surface area contributed by atoms with E-state index in [0.717, 1.165) is 0 Å². The molecule has 1 aromatic carbocycles.